The van der Waals surface area contributed by atoms with Gasteiger partial charge in [-0.15, -0.1) is 0 Å². The molecule has 0 aromatic carbocycles. The van der Waals surface area contributed by atoms with Crippen LogP contribution in [0.25, 0.3) is 0 Å². The maximum absolute atomic E-state index is 12.1. The quantitative estimate of drug-likeness (QED) is 0.631. The van der Waals surface area contributed by atoms with E-state index >= 15 is 0 Å². The van der Waals surface area contributed by atoms with Gasteiger partial charge in [0, 0.05) is 5.92 Å². The summed E-state index contributed by atoms with van der Waals surface area (Å²) in [6, 6.07) is -0.582. The van der Waals surface area contributed by atoms with Crippen molar-refractivity contribution in [1.29, 1.82) is 0 Å². The Kier molecular flexibility index (Phi) is 4.93. The topological polar surface area (TPSA) is 98.2 Å². The molecule has 17 heavy (non-hydrogen) atoms. The standard InChI is InChI=1S/C12H23N3O2/c1-7(2)10(11(14)16)15-12(17)9-5-3-4-8(9)6-13/h7-10H,3-6,13H2,1-2H3,(H2,14,16)(H,15,17). The zero-order valence-corrected chi connectivity index (χ0v) is 10.6. The molecule has 0 heterocycles. The van der Waals surface area contributed by atoms with Crippen LogP contribution in [0, 0.1) is 17.8 Å². The molecule has 5 N–H and O–H groups in total. The molecular weight excluding hydrogens is 218 g/mol. The maximum Gasteiger partial charge on any atom is 0.240 e. The Morgan fingerprint density at radius 2 is 2.00 bits per heavy atom. The predicted molar refractivity (Wildman–Crippen MR) is 65.8 cm³/mol. The summed E-state index contributed by atoms with van der Waals surface area (Å²) >= 11 is 0. The summed E-state index contributed by atoms with van der Waals surface area (Å²) in [5.74, 6) is -0.350. The maximum atomic E-state index is 12.1. The first-order valence-electron chi connectivity index (χ1n) is 6.27. The molecule has 1 aliphatic rings. The molecule has 1 aliphatic carbocycles. The summed E-state index contributed by atoms with van der Waals surface area (Å²) in [5.41, 5.74) is 10.9. The van der Waals surface area contributed by atoms with E-state index in [0.29, 0.717) is 6.54 Å². The summed E-state index contributed by atoms with van der Waals surface area (Å²) in [5, 5.41) is 2.75. The van der Waals surface area contributed by atoms with Gasteiger partial charge in [-0.05, 0) is 31.2 Å². The lowest BCUT2D eigenvalue weighted by atomic mass is 9.94. The number of nitrogens with two attached hydrogens (primary N) is 2. The van der Waals surface area contributed by atoms with Gasteiger partial charge < -0.3 is 16.8 Å². The zero-order valence-electron chi connectivity index (χ0n) is 10.6. The largest absolute Gasteiger partial charge is 0.368 e. The Morgan fingerprint density at radius 1 is 1.35 bits per heavy atom. The summed E-state index contributed by atoms with van der Waals surface area (Å²) in [6.45, 7) is 4.26. The molecule has 5 heteroatoms. The van der Waals surface area contributed by atoms with Gasteiger partial charge in [0.25, 0.3) is 0 Å². The number of carbonyl (C=O) groups excluding carboxylic acids is 2. The van der Waals surface area contributed by atoms with Crippen molar-refractivity contribution >= 4 is 11.8 Å². The van der Waals surface area contributed by atoms with Crippen LogP contribution in [0.4, 0.5) is 0 Å². The molecule has 98 valence electrons. The minimum Gasteiger partial charge on any atom is -0.368 e. The molecule has 0 radical (unpaired) electrons. The van der Waals surface area contributed by atoms with Gasteiger partial charge in [0.2, 0.25) is 11.8 Å². The van der Waals surface area contributed by atoms with Crippen LogP contribution in [0.15, 0.2) is 0 Å². The van der Waals surface area contributed by atoms with E-state index in [1.807, 2.05) is 13.8 Å². The predicted octanol–water partition coefficient (Wildman–Crippen LogP) is -0.0125. The van der Waals surface area contributed by atoms with Crippen molar-refractivity contribution in [2.75, 3.05) is 6.54 Å². The molecule has 3 unspecified atom stereocenters. The van der Waals surface area contributed by atoms with E-state index in [1.54, 1.807) is 0 Å². The van der Waals surface area contributed by atoms with E-state index in [2.05, 4.69) is 5.32 Å². The lowest BCUT2D eigenvalue weighted by Gasteiger charge is -2.23. The van der Waals surface area contributed by atoms with Crippen molar-refractivity contribution in [2.45, 2.75) is 39.2 Å². The summed E-state index contributed by atoms with van der Waals surface area (Å²) < 4.78 is 0. The number of carbonyl (C=O) groups is 2. The van der Waals surface area contributed by atoms with E-state index in [1.165, 1.54) is 0 Å². The molecule has 0 saturated heterocycles. The van der Waals surface area contributed by atoms with Crippen LogP contribution in [0.2, 0.25) is 0 Å². The molecule has 5 nitrogen and oxygen atoms in total. The highest BCUT2D eigenvalue weighted by Crippen LogP contribution is 2.31. The number of rotatable bonds is 5. The van der Waals surface area contributed by atoms with Crippen LogP contribution in [0.3, 0.4) is 0 Å². The molecule has 0 aliphatic heterocycles. The number of amides is 2. The van der Waals surface area contributed by atoms with Gasteiger partial charge in [-0.25, -0.2) is 0 Å². The first-order valence-corrected chi connectivity index (χ1v) is 6.27. The van der Waals surface area contributed by atoms with E-state index < -0.39 is 11.9 Å². The molecule has 0 aromatic heterocycles. The molecule has 1 saturated carbocycles. The van der Waals surface area contributed by atoms with Crippen molar-refractivity contribution in [2.24, 2.45) is 29.2 Å². The van der Waals surface area contributed by atoms with Gasteiger partial charge in [0.1, 0.15) is 6.04 Å². The van der Waals surface area contributed by atoms with Gasteiger partial charge in [-0.1, -0.05) is 20.3 Å². The summed E-state index contributed by atoms with van der Waals surface area (Å²) in [6.07, 6.45) is 2.89. The first-order chi connectivity index (χ1) is 7.97. The molecule has 2 amide bonds. The van der Waals surface area contributed by atoms with E-state index in [4.69, 9.17) is 11.5 Å². The Labute approximate surface area is 102 Å². The van der Waals surface area contributed by atoms with Crippen molar-refractivity contribution in [3.63, 3.8) is 0 Å². The van der Waals surface area contributed by atoms with Crippen molar-refractivity contribution < 1.29 is 9.59 Å². The normalized spacial score (nSPS) is 25.9. The van der Waals surface area contributed by atoms with Crippen LogP contribution >= 0.6 is 0 Å². The van der Waals surface area contributed by atoms with Crippen LogP contribution in [-0.2, 0) is 9.59 Å². The smallest absolute Gasteiger partial charge is 0.240 e. The number of hydrogen-bond donors (Lipinski definition) is 3. The number of primary amides is 1. The fraction of sp³-hybridized carbons (Fsp3) is 0.833. The summed E-state index contributed by atoms with van der Waals surface area (Å²) in [7, 11) is 0. The summed E-state index contributed by atoms with van der Waals surface area (Å²) in [4.78, 5) is 23.3. The molecule has 3 atom stereocenters. The average Bonchev–Trinajstić information content (AvgIpc) is 2.72. The van der Waals surface area contributed by atoms with Gasteiger partial charge in [0.15, 0.2) is 0 Å². The fourth-order valence-corrected chi connectivity index (χ4v) is 2.49. The SMILES string of the molecule is CC(C)C(NC(=O)C1CCCC1CN)C(N)=O. The van der Waals surface area contributed by atoms with E-state index in [9.17, 15) is 9.59 Å². The van der Waals surface area contributed by atoms with E-state index in [0.717, 1.165) is 19.3 Å². The Hall–Kier alpha value is -1.10. The third-order valence-corrected chi connectivity index (χ3v) is 3.57. The molecule has 0 aromatic rings. The molecule has 0 bridgehead atoms. The van der Waals surface area contributed by atoms with E-state index in [-0.39, 0.29) is 23.7 Å². The van der Waals surface area contributed by atoms with Gasteiger partial charge in [-0.3, -0.25) is 9.59 Å². The third-order valence-electron chi connectivity index (χ3n) is 3.57. The Morgan fingerprint density at radius 3 is 2.47 bits per heavy atom. The van der Waals surface area contributed by atoms with Crippen molar-refractivity contribution in [3.8, 4) is 0 Å². The van der Waals surface area contributed by atoms with Crippen LogP contribution in [0.1, 0.15) is 33.1 Å². The van der Waals surface area contributed by atoms with Crippen LogP contribution in [0.5, 0.6) is 0 Å². The first kappa shape index (κ1) is 14.0. The van der Waals surface area contributed by atoms with Gasteiger partial charge in [0.05, 0.1) is 0 Å². The average molecular weight is 241 g/mol. The van der Waals surface area contributed by atoms with Crippen molar-refractivity contribution in [1.82, 2.24) is 5.32 Å². The fourth-order valence-electron chi connectivity index (χ4n) is 2.49. The van der Waals surface area contributed by atoms with Crippen molar-refractivity contribution in [3.05, 3.63) is 0 Å². The lowest BCUT2D eigenvalue weighted by Crippen LogP contribution is -2.50. The molecule has 1 fully saturated rings. The van der Waals surface area contributed by atoms with Crippen LogP contribution in [-0.4, -0.2) is 24.4 Å². The second-order valence-corrected chi connectivity index (χ2v) is 5.17. The van der Waals surface area contributed by atoms with Crippen LogP contribution < -0.4 is 16.8 Å². The second-order valence-electron chi connectivity index (χ2n) is 5.17. The Balaban J connectivity index is 2.61. The second kappa shape index (κ2) is 6.00. The third kappa shape index (κ3) is 3.43. The number of hydrogen-bond acceptors (Lipinski definition) is 3. The Bertz CT molecular complexity index is 291. The monoisotopic (exact) mass is 241 g/mol. The lowest BCUT2D eigenvalue weighted by molar-refractivity contribution is -0.131. The minimum atomic E-state index is -0.582. The minimum absolute atomic E-state index is 0.00850. The van der Waals surface area contributed by atoms with Gasteiger partial charge >= 0.3 is 0 Å². The highest BCUT2D eigenvalue weighted by molar-refractivity contribution is 5.88. The highest BCUT2D eigenvalue weighted by Gasteiger charge is 2.34. The van der Waals surface area contributed by atoms with Gasteiger partial charge in [-0.2, -0.15) is 0 Å². The molecule has 0 spiro atoms. The highest BCUT2D eigenvalue weighted by atomic mass is 16.2. The molecule has 1 rings (SSSR count). The number of nitrogens with one attached hydrogen (secondary N) is 1. The molecular formula is C12H23N3O2. The zero-order chi connectivity index (χ0) is 13.0.